The van der Waals surface area contributed by atoms with Gasteiger partial charge in [0.05, 0.1) is 11.1 Å². The molecule has 0 radical (unpaired) electrons. The number of carbonyl (C=O) groups excluding carboxylic acids is 2. The van der Waals surface area contributed by atoms with Crippen molar-refractivity contribution in [3.63, 3.8) is 0 Å². The quantitative estimate of drug-likeness (QED) is 0.0478. The number of ether oxygens (including phenoxy) is 2. The Bertz CT molecular complexity index is 2030. The Morgan fingerprint density at radius 2 is 0.821 bits per heavy atom. The fraction of sp³-hybridized carbons (Fsp3) is 0.614. The van der Waals surface area contributed by atoms with E-state index >= 15 is 0 Å². The van der Waals surface area contributed by atoms with Crippen LogP contribution in [0.25, 0.3) is 22.8 Å². The molecule has 67 heavy (non-hydrogen) atoms. The second-order valence-electron chi connectivity index (χ2n) is 19.3. The van der Waals surface area contributed by atoms with E-state index in [0.717, 1.165) is 113 Å². The van der Waals surface area contributed by atoms with Gasteiger partial charge in [-0.25, -0.2) is 38.3 Å². The van der Waals surface area contributed by atoms with Crippen molar-refractivity contribution < 1.29 is 27.8 Å². The standard InChI is InChI=1S/C29H41FN2O2.C28H39FN2O2/c1-3-5-7-8-9-10-12-22-13-16-25(17-14-22)34-29(33)26-18-15-24(19-27(26)30)28-31-20-23(21-32-28)11-6-4-2;1-3-5-7-8-9-11-21-12-15-24(16-13-21)33-28(32)25-17-14-23(18-26(25)29)27-30-19-22(20-31-27)10-6-4-2/h15,18-22,25H,3-14,16-17H2,1-2H3;14,17-21,24H,3-13,15-16H2,1-2H3. The highest BCUT2D eigenvalue weighted by Crippen LogP contribution is 2.33. The number of nitrogens with zero attached hydrogens (tertiary/aromatic N) is 4. The van der Waals surface area contributed by atoms with Crippen LogP contribution >= 0.6 is 0 Å². The Hall–Kier alpha value is -4.60. The lowest BCUT2D eigenvalue weighted by molar-refractivity contribution is 0.0147. The lowest BCUT2D eigenvalue weighted by Gasteiger charge is -2.28. The lowest BCUT2D eigenvalue weighted by atomic mass is 9.84. The van der Waals surface area contributed by atoms with Crippen LogP contribution in [0.1, 0.15) is 220 Å². The monoisotopic (exact) mass is 923 g/mol. The molecule has 6 rings (SSSR count). The summed E-state index contributed by atoms with van der Waals surface area (Å²) in [7, 11) is 0. The molecule has 2 aromatic carbocycles. The van der Waals surface area contributed by atoms with Gasteiger partial charge in [0.25, 0.3) is 0 Å². The number of benzene rings is 2. The second-order valence-corrected chi connectivity index (χ2v) is 19.3. The zero-order valence-corrected chi connectivity index (χ0v) is 41.4. The van der Waals surface area contributed by atoms with Crippen LogP contribution in [-0.2, 0) is 22.3 Å². The van der Waals surface area contributed by atoms with Crippen LogP contribution in [0.3, 0.4) is 0 Å². The Morgan fingerprint density at radius 3 is 1.16 bits per heavy atom. The Labute approximate surface area is 401 Å². The predicted octanol–water partition coefficient (Wildman–Crippen LogP) is 15.8. The molecular weight excluding hydrogens is 843 g/mol. The van der Waals surface area contributed by atoms with E-state index < -0.39 is 23.6 Å². The van der Waals surface area contributed by atoms with Gasteiger partial charge in [-0.1, -0.05) is 136 Å². The molecule has 2 aliphatic carbocycles. The zero-order chi connectivity index (χ0) is 47.6. The molecule has 4 aromatic rings. The summed E-state index contributed by atoms with van der Waals surface area (Å²) in [6.45, 7) is 8.78. The number of aromatic nitrogens is 4. The van der Waals surface area contributed by atoms with Crippen molar-refractivity contribution in [2.45, 2.75) is 213 Å². The maximum Gasteiger partial charge on any atom is 0.341 e. The van der Waals surface area contributed by atoms with Gasteiger partial charge in [-0.3, -0.25) is 0 Å². The molecule has 2 aliphatic rings. The van der Waals surface area contributed by atoms with Crippen molar-refractivity contribution >= 4 is 11.9 Å². The van der Waals surface area contributed by atoms with Crippen molar-refractivity contribution in [3.8, 4) is 22.8 Å². The summed E-state index contributed by atoms with van der Waals surface area (Å²) in [6, 6.07) is 9.02. The van der Waals surface area contributed by atoms with Gasteiger partial charge in [0.1, 0.15) is 23.8 Å². The average molecular weight is 923 g/mol. The van der Waals surface area contributed by atoms with Gasteiger partial charge in [0.2, 0.25) is 0 Å². The van der Waals surface area contributed by atoms with Crippen LogP contribution in [0.5, 0.6) is 0 Å². The molecule has 2 fully saturated rings. The Kier molecular flexibility index (Phi) is 23.9. The lowest BCUT2D eigenvalue weighted by Crippen LogP contribution is -2.25. The number of carbonyl (C=O) groups is 2. The fourth-order valence-electron chi connectivity index (χ4n) is 9.42. The van der Waals surface area contributed by atoms with Crippen LogP contribution in [0, 0.1) is 23.5 Å². The third-order valence-electron chi connectivity index (χ3n) is 13.8. The summed E-state index contributed by atoms with van der Waals surface area (Å²) in [5.74, 6) is 0.0910. The molecule has 0 spiro atoms. The number of esters is 2. The van der Waals surface area contributed by atoms with Gasteiger partial charge in [0.15, 0.2) is 11.6 Å². The van der Waals surface area contributed by atoms with E-state index in [2.05, 4.69) is 47.6 Å². The highest BCUT2D eigenvalue weighted by Gasteiger charge is 2.27. The van der Waals surface area contributed by atoms with E-state index in [0.29, 0.717) is 22.8 Å². The number of halogens is 2. The summed E-state index contributed by atoms with van der Waals surface area (Å²) in [5, 5.41) is 0. The molecule has 0 atom stereocenters. The van der Waals surface area contributed by atoms with Gasteiger partial charge >= 0.3 is 11.9 Å². The Balaban J connectivity index is 0.000000251. The first kappa shape index (κ1) is 53.4. The molecule has 0 bridgehead atoms. The average Bonchev–Trinajstić information content (AvgIpc) is 3.35. The minimum Gasteiger partial charge on any atom is -0.459 e. The highest BCUT2D eigenvalue weighted by atomic mass is 19.1. The maximum absolute atomic E-state index is 14.7. The SMILES string of the molecule is CCCCCCCC1CCC(OC(=O)c2ccc(-c3ncc(CCCC)cn3)cc2F)CC1.CCCCCCCCC1CCC(OC(=O)c2ccc(-c3ncc(CCCC)cn3)cc2F)CC1. The van der Waals surface area contributed by atoms with E-state index in [1.807, 2.05) is 0 Å². The number of aryl methyl sites for hydroxylation is 2. The minimum atomic E-state index is -0.586. The molecule has 8 nitrogen and oxygen atoms in total. The number of rotatable bonds is 25. The van der Waals surface area contributed by atoms with Crippen molar-refractivity contribution in [1.82, 2.24) is 19.9 Å². The van der Waals surface area contributed by atoms with Gasteiger partial charge < -0.3 is 9.47 Å². The predicted molar refractivity (Wildman–Crippen MR) is 266 cm³/mol. The van der Waals surface area contributed by atoms with Gasteiger partial charge in [-0.15, -0.1) is 0 Å². The van der Waals surface area contributed by atoms with Gasteiger partial charge in [0, 0.05) is 35.9 Å². The van der Waals surface area contributed by atoms with Crippen LogP contribution in [0.4, 0.5) is 8.78 Å². The Morgan fingerprint density at radius 1 is 0.478 bits per heavy atom. The minimum absolute atomic E-state index is 0.0162. The molecule has 0 aliphatic heterocycles. The van der Waals surface area contributed by atoms with Crippen molar-refractivity contribution in [2.75, 3.05) is 0 Å². The highest BCUT2D eigenvalue weighted by molar-refractivity contribution is 5.91. The molecule has 0 amide bonds. The summed E-state index contributed by atoms with van der Waals surface area (Å²) < 4.78 is 40.8. The van der Waals surface area contributed by atoms with Gasteiger partial charge in [-0.05, 0) is 124 Å². The fourth-order valence-corrected chi connectivity index (χ4v) is 9.42. The summed E-state index contributed by atoms with van der Waals surface area (Å²) in [5.41, 5.74) is 3.24. The molecule has 0 saturated heterocycles. The molecule has 2 heterocycles. The van der Waals surface area contributed by atoms with Crippen LogP contribution in [0.15, 0.2) is 61.2 Å². The van der Waals surface area contributed by atoms with Crippen LogP contribution in [-0.4, -0.2) is 44.1 Å². The number of unbranched alkanes of at least 4 members (excludes halogenated alkanes) is 11. The van der Waals surface area contributed by atoms with E-state index in [1.165, 1.54) is 108 Å². The van der Waals surface area contributed by atoms with E-state index in [1.54, 1.807) is 36.9 Å². The molecule has 2 saturated carbocycles. The molecular formula is C57H80F2N4O4. The number of hydrogen-bond acceptors (Lipinski definition) is 8. The molecule has 0 N–H and O–H groups in total. The molecule has 10 heteroatoms. The first-order valence-corrected chi connectivity index (χ1v) is 26.3. The smallest absolute Gasteiger partial charge is 0.341 e. The van der Waals surface area contributed by atoms with E-state index in [-0.39, 0.29) is 23.3 Å². The molecule has 0 unspecified atom stereocenters. The van der Waals surface area contributed by atoms with Crippen LogP contribution in [0.2, 0.25) is 0 Å². The van der Waals surface area contributed by atoms with E-state index in [4.69, 9.17) is 9.47 Å². The molecule has 2 aromatic heterocycles. The van der Waals surface area contributed by atoms with Crippen molar-refractivity contribution in [3.05, 3.63) is 95.1 Å². The van der Waals surface area contributed by atoms with Crippen LogP contribution < -0.4 is 0 Å². The largest absolute Gasteiger partial charge is 0.459 e. The first-order valence-electron chi connectivity index (χ1n) is 26.3. The zero-order valence-electron chi connectivity index (χ0n) is 41.4. The van der Waals surface area contributed by atoms with Crippen molar-refractivity contribution in [2.24, 2.45) is 11.8 Å². The normalized spacial score (nSPS) is 18.2. The molecule has 366 valence electrons. The number of hydrogen-bond donors (Lipinski definition) is 0. The second kappa shape index (κ2) is 30.0. The third kappa shape index (κ3) is 18.4. The first-order chi connectivity index (χ1) is 32.7. The third-order valence-corrected chi connectivity index (χ3v) is 13.8. The van der Waals surface area contributed by atoms with Gasteiger partial charge in [-0.2, -0.15) is 0 Å². The van der Waals surface area contributed by atoms with Crippen molar-refractivity contribution in [1.29, 1.82) is 0 Å². The summed E-state index contributed by atoms with van der Waals surface area (Å²) >= 11 is 0. The van der Waals surface area contributed by atoms with E-state index in [9.17, 15) is 18.4 Å². The topological polar surface area (TPSA) is 104 Å². The summed E-state index contributed by atoms with van der Waals surface area (Å²) in [6.07, 6.45) is 38.3. The maximum atomic E-state index is 14.7. The summed E-state index contributed by atoms with van der Waals surface area (Å²) in [4.78, 5) is 42.6.